The summed E-state index contributed by atoms with van der Waals surface area (Å²) in [6.45, 7) is 5.30. The molecule has 0 radical (unpaired) electrons. The number of unbranched alkanes of at least 4 members (excludes halogenated alkanes) is 1. The fraction of sp³-hybridized carbons (Fsp3) is 0.700. The van der Waals surface area contributed by atoms with Gasteiger partial charge in [0.05, 0.1) is 18.9 Å². The molecule has 8 nitrogen and oxygen atoms in total. The van der Waals surface area contributed by atoms with Crippen LogP contribution in [0.4, 0.5) is 0 Å². The SMILES string of the molecule is [2H]c1c([2H])c([2H])c(CCCCP(=O)(CC(=O)N2C[C@H](C3CCCCC3)C[C@@H]2C(=O)[O-])OC(OC(=O)CC)C(C)C)c([2H])c1[2H].[Na+]. The first-order valence-corrected chi connectivity index (χ1v) is 16.2. The first kappa shape index (κ1) is 27.6. The van der Waals surface area contributed by atoms with E-state index < -0.39 is 67.8 Å². The zero-order valence-corrected chi connectivity index (χ0v) is 27.2. The smallest absolute Gasteiger partial charge is 0.548 e. The van der Waals surface area contributed by atoms with Gasteiger partial charge in [0.25, 0.3) is 0 Å². The number of carbonyl (C=O) groups excluding carboxylic acids is 3. The number of carboxylic acids is 1. The Bertz CT molecular complexity index is 1230. The Balaban J connectivity index is 0.00000705. The number of benzene rings is 1. The van der Waals surface area contributed by atoms with Crippen LogP contribution in [0.2, 0.25) is 0 Å². The normalized spacial score (nSPS) is 23.6. The zero-order valence-electron chi connectivity index (χ0n) is 29.3. The summed E-state index contributed by atoms with van der Waals surface area (Å²) in [5.41, 5.74) is 0.141. The molecule has 2 fully saturated rings. The molecule has 1 amide bonds. The summed E-state index contributed by atoms with van der Waals surface area (Å²) in [7, 11) is -3.86. The van der Waals surface area contributed by atoms with Crippen molar-refractivity contribution in [3.05, 3.63) is 35.8 Å². The summed E-state index contributed by atoms with van der Waals surface area (Å²) in [6, 6.07) is -3.07. The van der Waals surface area contributed by atoms with E-state index in [1.165, 1.54) is 4.90 Å². The molecule has 1 saturated heterocycles. The Morgan fingerprint density at radius 2 is 1.77 bits per heavy atom. The van der Waals surface area contributed by atoms with Gasteiger partial charge in [-0.05, 0) is 43.1 Å². The van der Waals surface area contributed by atoms with Gasteiger partial charge in [0, 0.05) is 25.0 Å². The molecule has 10 heteroatoms. The first-order valence-electron chi connectivity index (χ1n) is 16.7. The largest absolute Gasteiger partial charge is 1.00 e. The number of amides is 1. The third kappa shape index (κ3) is 10.6. The topological polar surface area (TPSA) is 113 Å². The van der Waals surface area contributed by atoms with E-state index in [0.29, 0.717) is 12.3 Å². The van der Waals surface area contributed by atoms with Crippen LogP contribution in [0.25, 0.3) is 0 Å². The summed E-state index contributed by atoms with van der Waals surface area (Å²) in [4.78, 5) is 39.1. The van der Waals surface area contributed by atoms with Crippen molar-refractivity contribution in [3.63, 3.8) is 0 Å². The Morgan fingerprint density at radius 3 is 2.38 bits per heavy atom. The summed E-state index contributed by atoms with van der Waals surface area (Å²) in [5.74, 6) is -2.56. The fourth-order valence-electron chi connectivity index (χ4n) is 5.52. The molecule has 1 aromatic rings. The molecule has 1 aliphatic heterocycles. The molecule has 1 saturated carbocycles. The molecule has 40 heavy (non-hydrogen) atoms. The molecule has 4 atom stereocenters. The summed E-state index contributed by atoms with van der Waals surface area (Å²) < 4.78 is 65.5. The van der Waals surface area contributed by atoms with Gasteiger partial charge >= 0.3 is 35.5 Å². The maximum atomic E-state index is 14.3. The second-order valence-corrected chi connectivity index (χ2v) is 13.7. The number of carbonyl (C=O) groups is 3. The van der Waals surface area contributed by atoms with Gasteiger partial charge in [-0.2, -0.15) is 0 Å². The standard InChI is InChI=1S/C30H46NO7P.Na/c1-4-28(33)37-30(22(2)3)38-39(36,18-12-11-15-23-13-7-5-8-14-23)21-27(32)31-20-25(19-26(31)29(34)35)24-16-9-6-10-17-24;/h5,7-8,13-14,22,24-26,30H,4,6,9-12,15-21H2,1-3H3,(H,34,35);/q;+1/p-1/t25-,26-,30?,39?;/m1./s1/i5D,7D,8D,13D,14D;. The van der Waals surface area contributed by atoms with Crippen LogP contribution in [0.1, 0.15) is 91.0 Å². The number of likely N-dealkylation sites (tertiary alicyclic amines) is 1. The number of esters is 1. The average Bonchev–Trinajstić information content (AvgIpc) is 3.45. The van der Waals surface area contributed by atoms with Gasteiger partial charge < -0.3 is 19.5 Å². The van der Waals surface area contributed by atoms with Crippen molar-refractivity contribution in [1.29, 1.82) is 0 Å². The molecule has 218 valence electrons. The van der Waals surface area contributed by atoms with E-state index in [4.69, 9.17) is 16.1 Å². The first-order chi connectivity index (χ1) is 20.7. The molecule has 1 aliphatic carbocycles. The number of rotatable bonds is 14. The van der Waals surface area contributed by atoms with Gasteiger partial charge in [0.2, 0.25) is 19.6 Å². The van der Waals surface area contributed by atoms with Crippen LogP contribution < -0.4 is 34.7 Å². The fourth-order valence-corrected chi connectivity index (χ4v) is 7.82. The maximum absolute atomic E-state index is 14.3. The van der Waals surface area contributed by atoms with E-state index in [-0.39, 0.29) is 91.5 Å². The van der Waals surface area contributed by atoms with Crippen molar-refractivity contribution in [3.8, 4) is 0 Å². The minimum absolute atomic E-state index is 0. The minimum atomic E-state index is -3.86. The van der Waals surface area contributed by atoms with Gasteiger partial charge in [-0.1, -0.05) is 83.1 Å². The quantitative estimate of drug-likeness (QED) is 0.107. The number of aliphatic carboxylic acids is 1. The van der Waals surface area contributed by atoms with Gasteiger partial charge in [0.1, 0.15) is 6.16 Å². The Kier molecular flexibility index (Phi) is 11.8. The van der Waals surface area contributed by atoms with Crippen LogP contribution in [0.5, 0.6) is 0 Å². The van der Waals surface area contributed by atoms with Gasteiger partial charge in [-0.15, -0.1) is 0 Å². The Hall–Kier alpha value is -1.18. The van der Waals surface area contributed by atoms with Crippen molar-refractivity contribution in [1.82, 2.24) is 4.90 Å². The van der Waals surface area contributed by atoms with Crippen molar-refractivity contribution >= 4 is 25.2 Å². The predicted octanol–water partition coefficient (Wildman–Crippen LogP) is 1.79. The second kappa shape index (κ2) is 17.1. The molecule has 1 aromatic carbocycles. The second-order valence-electron chi connectivity index (χ2n) is 11.1. The number of carboxylic acid groups (broad SMARTS) is 1. The number of hydrogen-bond donors (Lipinski definition) is 0. The molecule has 0 N–H and O–H groups in total. The van der Waals surface area contributed by atoms with Gasteiger partial charge in [-0.3, -0.25) is 18.7 Å². The van der Waals surface area contributed by atoms with E-state index in [9.17, 15) is 24.1 Å². The molecular formula is C30H45NNaO7P. The molecule has 2 unspecified atom stereocenters. The van der Waals surface area contributed by atoms with Crippen molar-refractivity contribution in [2.75, 3.05) is 18.9 Å². The third-order valence-electron chi connectivity index (χ3n) is 7.72. The summed E-state index contributed by atoms with van der Waals surface area (Å²) in [5, 5.41) is 12.1. The Morgan fingerprint density at radius 1 is 1.10 bits per heavy atom. The maximum Gasteiger partial charge on any atom is 1.00 e. The van der Waals surface area contributed by atoms with Crippen molar-refractivity contribution in [2.24, 2.45) is 17.8 Å². The third-order valence-corrected chi connectivity index (χ3v) is 10.1. The number of nitrogens with zero attached hydrogens (tertiary/aromatic N) is 1. The number of hydrogen-bond acceptors (Lipinski definition) is 7. The summed E-state index contributed by atoms with van der Waals surface area (Å²) >= 11 is 0. The van der Waals surface area contributed by atoms with Crippen LogP contribution in [-0.4, -0.2) is 53.9 Å². The minimum Gasteiger partial charge on any atom is -0.548 e. The van der Waals surface area contributed by atoms with E-state index in [1.54, 1.807) is 20.8 Å². The van der Waals surface area contributed by atoms with Crippen LogP contribution in [0.3, 0.4) is 0 Å². The van der Waals surface area contributed by atoms with Crippen molar-refractivity contribution < 1.29 is 69.7 Å². The molecule has 1 heterocycles. The predicted molar refractivity (Wildman–Crippen MR) is 148 cm³/mol. The van der Waals surface area contributed by atoms with Gasteiger partial charge in [0.15, 0.2) is 0 Å². The summed E-state index contributed by atoms with van der Waals surface area (Å²) in [6.07, 6.45) is 4.37. The zero-order chi connectivity index (χ0) is 32.8. The van der Waals surface area contributed by atoms with E-state index in [2.05, 4.69) is 0 Å². The molecular weight excluding hydrogens is 540 g/mol. The van der Waals surface area contributed by atoms with E-state index in [1.807, 2.05) is 0 Å². The molecule has 0 aromatic heterocycles. The average molecular weight is 591 g/mol. The number of ether oxygens (including phenoxy) is 1. The van der Waals surface area contributed by atoms with E-state index >= 15 is 0 Å². The van der Waals surface area contributed by atoms with E-state index in [0.717, 1.165) is 32.1 Å². The van der Waals surface area contributed by atoms with Crippen LogP contribution >= 0.6 is 7.37 Å². The van der Waals surface area contributed by atoms with Crippen molar-refractivity contribution in [2.45, 2.75) is 97.3 Å². The molecule has 2 aliphatic rings. The molecule has 3 rings (SSSR count). The van der Waals surface area contributed by atoms with Gasteiger partial charge in [-0.25, -0.2) is 0 Å². The molecule has 0 spiro atoms. The van der Waals surface area contributed by atoms with Crippen LogP contribution in [-0.2, 0) is 34.6 Å². The van der Waals surface area contributed by atoms with Crippen LogP contribution in [0.15, 0.2) is 30.2 Å². The molecule has 0 bridgehead atoms. The Labute approximate surface area is 268 Å². The van der Waals surface area contributed by atoms with Crippen LogP contribution in [0, 0.1) is 17.8 Å². The monoisotopic (exact) mass is 590 g/mol.